The number of anilines is 1. The average molecular weight is 368 g/mol. The van der Waals surface area contributed by atoms with Crippen molar-refractivity contribution in [3.05, 3.63) is 69.8 Å². The van der Waals surface area contributed by atoms with Crippen molar-refractivity contribution < 1.29 is 9.66 Å². The maximum absolute atomic E-state index is 11.6. The monoisotopic (exact) mass is 368 g/mol. The van der Waals surface area contributed by atoms with Crippen LogP contribution >= 0.6 is 11.8 Å². The van der Waals surface area contributed by atoms with Crippen LogP contribution in [0, 0.1) is 16.0 Å². The number of allylic oxidation sites excluding steroid dienone is 2. The van der Waals surface area contributed by atoms with Crippen molar-refractivity contribution in [1.82, 2.24) is 0 Å². The number of methoxy groups -OCH3 is 1. The van der Waals surface area contributed by atoms with E-state index in [4.69, 9.17) is 4.74 Å². The molecule has 0 fully saturated rings. The highest BCUT2D eigenvalue weighted by atomic mass is 32.2. The number of fused-ring (bicyclic) bond motifs is 3. The zero-order valence-electron chi connectivity index (χ0n) is 14.6. The zero-order valence-corrected chi connectivity index (χ0v) is 15.5. The molecule has 0 spiro atoms. The summed E-state index contributed by atoms with van der Waals surface area (Å²) in [7, 11) is 1.60. The Morgan fingerprint density at radius 1 is 1.23 bits per heavy atom. The Bertz CT molecular complexity index is 879. The summed E-state index contributed by atoms with van der Waals surface area (Å²) in [6.07, 6.45) is 7.21. The molecule has 1 heterocycles. The number of thioether (sulfide) groups is 1. The van der Waals surface area contributed by atoms with Gasteiger partial charge in [-0.2, -0.15) is 0 Å². The zero-order chi connectivity index (χ0) is 18.3. The molecule has 0 aromatic heterocycles. The molecule has 0 saturated heterocycles. The number of rotatable bonds is 4. The fourth-order valence-corrected chi connectivity index (χ4v) is 4.54. The summed E-state index contributed by atoms with van der Waals surface area (Å²) in [6.45, 7) is 0. The van der Waals surface area contributed by atoms with Crippen molar-refractivity contribution in [2.24, 2.45) is 5.92 Å². The van der Waals surface area contributed by atoms with E-state index in [2.05, 4.69) is 48.0 Å². The second-order valence-corrected chi connectivity index (χ2v) is 7.46. The van der Waals surface area contributed by atoms with Gasteiger partial charge in [-0.3, -0.25) is 10.1 Å². The van der Waals surface area contributed by atoms with Crippen molar-refractivity contribution in [3.63, 3.8) is 0 Å². The summed E-state index contributed by atoms with van der Waals surface area (Å²) in [4.78, 5) is 12.5. The molecule has 3 unspecified atom stereocenters. The van der Waals surface area contributed by atoms with Gasteiger partial charge in [-0.15, -0.1) is 11.8 Å². The minimum atomic E-state index is -0.295. The van der Waals surface area contributed by atoms with Crippen LogP contribution in [-0.4, -0.2) is 18.3 Å². The van der Waals surface area contributed by atoms with Crippen LogP contribution in [0.3, 0.4) is 0 Å². The van der Waals surface area contributed by atoms with E-state index >= 15 is 0 Å². The Morgan fingerprint density at radius 3 is 2.65 bits per heavy atom. The second-order valence-electron chi connectivity index (χ2n) is 6.58. The molecule has 0 bridgehead atoms. The molecule has 3 atom stereocenters. The molecular formula is C20H20N2O3S. The van der Waals surface area contributed by atoms with E-state index in [0.717, 1.165) is 17.7 Å². The van der Waals surface area contributed by atoms with Gasteiger partial charge in [0.1, 0.15) is 5.75 Å². The van der Waals surface area contributed by atoms with Crippen molar-refractivity contribution in [1.29, 1.82) is 0 Å². The standard InChI is InChI=1S/C20H20N2O3S/c1-25-17-11-10-16(22(23)24)18-14-4-3-5-15(14)19(21-20(17)18)12-6-8-13(26-2)9-7-12/h3-4,6-11,14-15,19,21H,5H2,1-2H3. The van der Waals surface area contributed by atoms with E-state index < -0.39 is 0 Å². The van der Waals surface area contributed by atoms with Crippen LogP contribution in [-0.2, 0) is 0 Å². The number of nitrogens with one attached hydrogen (secondary N) is 1. The predicted octanol–water partition coefficient (Wildman–Crippen LogP) is 5.15. The molecule has 0 saturated carbocycles. The Balaban J connectivity index is 1.84. The van der Waals surface area contributed by atoms with Crippen LogP contribution in [0.5, 0.6) is 5.75 Å². The van der Waals surface area contributed by atoms with E-state index in [0.29, 0.717) is 5.75 Å². The third-order valence-corrected chi connectivity index (χ3v) is 6.09. The van der Waals surface area contributed by atoms with Gasteiger partial charge >= 0.3 is 0 Å². The van der Waals surface area contributed by atoms with Crippen LogP contribution in [0.25, 0.3) is 0 Å². The van der Waals surface area contributed by atoms with Crippen molar-refractivity contribution in [3.8, 4) is 5.75 Å². The maximum Gasteiger partial charge on any atom is 0.275 e. The van der Waals surface area contributed by atoms with Crippen LogP contribution in [0.4, 0.5) is 11.4 Å². The molecule has 1 N–H and O–H groups in total. The summed E-state index contributed by atoms with van der Waals surface area (Å²) >= 11 is 1.72. The predicted molar refractivity (Wildman–Crippen MR) is 104 cm³/mol. The van der Waals surface area contributed by atoms with Gasteiger partial charge in [0.15, 0.2) is 0 Å². The van der Waals surface area contributed by atoms with E-state index in [1.165, 1.54) is 10.5 Å². The third kappa shape index (κ3) is 2.65. The number of ether oxygens (including phenoxy) is 1. The first-order valence-corrected chi connectivity index (χ1v) is 9.79. The molecule has 134 valence electrons. The minimum absolute atomic E-state index is 0.0203. The Hall–Kier alpha value is -2.47. The lowest BCUT2D eigenvalue weighted by Crippen LogP contribution is -2.30. The SMILES string of the molecule is COc1ccc([N+](=O)[O-])c2c1NC(c1ccc(SC)cc1)C1CC=CC21. The second kappa shape index (κ2) is 6.68. The van der Waals surface area contributed by atoms with Gasteiger partial charge < -0.3 is 10.1 Å². The van der Waals surface area contributed by atoms with Crippen molar-refractivity contribution >= 4 is 23.1 Å². The quantitative estimate of drug-likeness (QED) is 0.350. The summed E-state index contributed by atoms with van der Waals surface area (Å²) in [5.74, 6) is 0.926. The van der Waals surface area contributed by atoms with Gasteiger partial charge in [0.05, 0.1) is 29.3 Å². The number of hydrogen-bond donors (Lipinski definition) is 1. The molecule has 1 aliphatic heterocycles. The Morgan fingerprint density at radius 2 is 2.00 bits per heavy atom. The minimum Gasteiger partial charge on any atom is -0.495 e. The Kier molecular flexibility index (Phi) is 4.36. The van der Waals surface area contributed by atoms with Crippen LogP contribution in [0.1, 0.15) is 29.5 Å². The normalized spacial score (nSPS) is 23.1. The molecule has 0 amide bonds. The summed E-state index contributed by atoms with van der Waals surface area (Å²) in [5, 5.41) is 15.2. The molecule has 2 aliphatic rings. The summed E-state index contributed by atoms with van der Waals surface area (Å²) < 4.78 is 5.50. The smallest absolute Gasteiger partial charge is 0.275 e. The number of nitro groups is 1. The number of nitrogens with zero attached hydrogens (tertiary/aromatic N) is 1. The molecular weight excluding hydrogens is 348 g/mol. The maximum atomic E-state index is 11.6. The molecule has 2 aromatic rings. The Labute approximate surface area is 156 Å². The van der Waals surface area contributed by atoms with Gasteiger partial charge in [-0.05, 0) is 42.4 Å². The number of benzene rings is 2. The van der Waals surface area contributed by atoms with E-state index in [1.54, 1.807) is 31.0 Å². The lowest BCUT2D eigenvalue weighted by Gasteiger charge is -2.37. The topological polar surface area (TPSA) is 64.4 Å². The number of hydrogen-bond acceptors (Lipinski definition) is 5. The van der Waals surface area contributed by atoms with Gasteiger partial charge in [0.25, 0.3) is 5.69 Å². The fourth-order valence-electron chi connectivity index (χ4n) is 4.13. The lowest BCUT2D eigenvalue weighted by atomic mass is 9.76. The first-order chi connectivity index (χ1) is 12.6. The highest BCUT2D eigenvalue weighted by molar-refractivity contribution is 7.98. The first-order valence-electron chi connectivity index (χ1n) is 8.56. The van der Waals surface area contributed by atoms with Gasteiger partial charge in [0, 0.05) is 16.9 Å². The molecule has 2 aromatic carbocycles. The van der Waals surface area contributed by atoms with Gasteiger partial charge in [-0.1, -0.05) is 24.3 Å². The van der Waals surface area contributed by atoms with Crippen molar-refractivity contribution in [2.75, 3.05) is 18.7 Å². The van der Waals surface area contributed by atoms with E-state index in [9.17, 15) is 10.1 Å². The molecule has 0 radical (unpaired) electrons. The fraction of sp³-hybridized carbons (Fsp3) is 0.300. The molecule has 4 rings (SSSR count). The van der Waals surface area contributed by atoms with Gasteiger partial charge in [-0.25, -0.2) is 0 Å². The molecule has 1 aliphatic carbocycles. The van der Waals surface area contributed by atoms with Crippen LogP contribution in [0.2, 0.25) is 0 Å². The summed E-state index contributed by atoms with van der Waals surface area (Å²) in [5.41, 5.74) is 2.84. The molecule has 6 heteroatoms. The van der Waals surface area contributed by atoms with Crippen LogP contribution in [0.15, 0.2) is 53.4 Å². The number of nitro benzene ring substituents is 1. The molecule has 26 heavy (non-hydrogen) atoms. The van der Waals surface area contributed by atoms with Crippen molar-refractivity contribution in [2.45, 2.75) is 23.3 Å². The lowest BCUT2D eigenvalue weighted by molar-refractivity contribution is -0.385. The summed E-state index contributed by atoms with van der Waals surface area (Å²) in [6, 6.07) is 11.9. The largest absolute Gasteiger partial charge is 0.495 e. The van der Waals surface area contributed by atoms with E-state index in [-0.39, 0.29) is 28.5 Å². The third-order valence-electron chi connectivity index (χ3n) is 5.35. The highest BCUT2D eigenvalue weighted by Crippen LogP contribution is 2.54. The van der Waals surface area contributed by atoms with Crippen LogP contribution < -0.4 is 10.1 Å². The first kappa shape index (κ1) is 17.0. The molecule has 5 nitrogen and oxygen atoms in total. The van der Waals surface area contributed by atoms with E-state index in [1.807, 2.05) is 0 Å². The highest BCUT2D eigenvalue weighted by Gasteiger charge is 2.42. The van der Waals surface area contributed by atoms with Gasteiger partial charge in [0.2, 0.25) is 0 Å². The average Bonchev–Trinajstić information content (AvgIpc) is 3.16.